The molecule has 0 nitrogen and oxygen atoms in total. The third-order valence-corrected chi connectivity index (χ3v) is 2.44. The molecular formula is C17H32. The van der Waals surface area contributed by atoms with Crippen molar-refractivity contribution in [2.75, 3.05) is 0 Å². The number of hydrogen-bond acceptors (Lipinski definition) is 0. The summed E-state index contributed by atoms with van der Waals surface area (Å²) in [6.07, 6.45) is 1.19. The topological polar surface area (TPSA) is 0 Å². The molecule has 0 heterocycles. The highest BCUT2D eigenvalue weighted by Gasteiger charge is 2.16. The van der Waals surface area contributed by atoms with Gasteiger partial charge in [0.1, 0.15) is 0 Å². The molecule has 1 aromatic rings. The molecule has 1 aromatic carbocycles. The average molecular weight is 236 g/mol. The molecule has 0 saturated heterocycles. The third-order valence-electron chi connectivity index (χ3n) is 2.44. The van der Waals surface area contributed by atoms with Crippen molar-refractivity contribution in [1.29, 1.82) is 0 Å². The van der Waals surface area contributed by atoms with E-state index in [0.29, 0.717) is 5.41 Å². The second-order valence-electron chi connectivity index (χ2n) is 3.60. The van der Waals surface area contributed by atoms with Crippen LogP contribution in [0.5, 0.6) is 0 Å². The summed E-state index contributed by atoms with van der Waals surface area (Å²) >= 11 is 0. The van der Waals surface area contributed by atoms with Gasteiger partial charge in [0.2, 0.25) is 0 Å². The number of hydrogen-bond donors (Lipinski definition) is 0. The van der Waals surface area contributed by atoms with Crippen molar-refractivity contribution >= 4 is 0 Å². The molecule has 100 valence electrons. The maximum absolute atomic E-state index is 3.00. The van der Waals surface area contributed by atoms with E-state index in [1.807, 2.05) is 27.7 Å². The van der Waals surface area contributed by atoms with Gasteiger partial charge in [-0.2, -0.15) is 0 Å². The fraction of sp³-hybridized carbons (Fsp3) is 0.529. The summed E-state index contributed by atoms with van der Waals surface area (Å²) in [5.74, 6) is 0. The molecule has 0 aliphatic rings. The molecule has 0 saturated carbocycles. The van der Waals surface area contributed by atoms with Crippen LogP contribution in [0, 0.1) is 0 Å². The lowest BCUT2D eigenvalue weighted by Crippen LogP contribution is -2.14. The van der Waals surface area contributed by atoms with E-state index in [1.54, 1.807) is 0 Å². The molecule has 1 rings (SSSR count). The monoisotopic (exact) mass is 236 g/mol. The molecule has 0 spiro atoms. The minimum atomic E-state index is 0.335. The zero-order valence-corrected chi connectivity index (χ0v) is 13.0. The van der Waals surface area contributed by atoms with E-state index >= 15 is 0 Å². The summed E-state index contributed by atoms with van der Waals surface area (Å²) in [4.78, 5) is 0. The Kier molecular flexibility index (Phi) is 18.7. The normalized spacial score (nSPS) is 8.41. The van der Waals surface area contributed by atoms with E-state index in [1.165, 1.54) is 12.0 Å². The summed E-state index contributed by atoms with van der Waals surface area (Å²) in [6.45, 7) is 20.8. The van der Waals surface area contributed by atoms with E-state index in [9.17, 15) is 0 Å². The fourth-order valence-electron chi connectivity index (χ4n) is 1.09. The van der Waals surface area contributed by atoms with Gasteiger partial charge in [-0.3, -0.25) is 0 Å². The maximum atomic E-state index is 3.00. The summed E-state index contributed by atoms with van der Waals surface area (Å²) in [7, 11) is 0. The molecule has 0 aliphatic heterocycles. The van der Waals surface area contributed by atoms with Crippen LogP contribution in [0.3, 0.4) is 0 Å². The van der Waals surface area contributed by atoms with Gasteiger partial charge in [0.15, 0.2) is 0 Å². The summed E-state index contributed by atoms with van der Waals surface area (Å²) in [5.41, 5.74) is 1.77. The highest BCUT2D eigenvalue weighted by atomic mass is 14.2. The lowest BCUT2D eigenvalue weighted by molar-refractivity contribution is 0.506. The van der Waals surface area contributed by atoms with Crippen LogP contribution in [0.15, 0.2) is 43.5 Å². The zero-order valence-electron chi connectivity index (χ0n) is 13.0. The minimum absolute atomic E-state index is 0.335. The molecule has 0 fully saturated rings. The van der Waals surface area contributed by atoms with Gasteiger partial charge in [-0.25, -0.2) is 0 Å². The Labute approximate surface area is 110 Å². The van der Waals surface area contributed by atoms with Crippen LogP contribution in [0.1, 0.15) is 60.5 Å². The van der Waals surface area contributed by atoms with E-state index in [4.69, 9.17) is 0 Å². The van der Waals surface area contributed by atoms with Crippen molar-refractivity contribution in [2.45, 2.75) is 60.3 Å². The van der Waals surface area contributed by atoms with Crippen molar-refractivity contribution in [2.24, 2.45) is 0 Å². The van der Waals surface area contributed by atoms with Gasteiger partial charge in [-0.15, -0.1) is 13.2 Å². The number of benzene rings is 1. The Morgan fingerprint density at radius 2 is 1.24 bits per heavy atom. The second kappa shape index (κ2) is 15.0. The van der Waals surface area contributed by atoms with Crippen molar-refractivity contribution in [3.8, 4) is 0 Å². The maximum Gasteiger partial charge on any atom is -0.0106 e. The molecule has 0 heteroatoms. The van der Waals surface area contributed by atoms with Crippen LogP contribution in [0.4, 0.5) is 0 Å². The smallest absolute Gasteiger partial charge is 0.0106 e. The van der Waals surface area contributed by atoms with Crippen LogP contribution in [-0.4, -0.2) is 0 Å². The first-order chi connectivity index (χ1) is 8.17. The molecule has 0 bridgehead atoms. The van der Waals surface area contributed by atoms with Gasteiger partial charge in [0.05, 0.1) is 0 Å². The quantitative estimate of drug-likeness (QED) is 0.534. The van der Waals surface area contributed by atoms with Crippen LogP contribution in [0.2, 0.25) is 0 Å². The van der Waals surface area contributed by atoms with Crippen molar-refractivity contribution in [3.05, 3.63) is 49.1 Å². The third kappa shape index (κ3) is 9.86. The lowest BCUT2D eigenvalue weighted by Gasteiger charge is -2.22. The highest BCUT2D eigenvalue weighted by molar-refractivity contribution is 5.22. The predicted molar refractivity (Wildman–Crippen MR) is 83.7 cm³/mol. The molecule has 17 heavy (non-hydrogen) atoms. The molecule has 0 radical (unpaired) electrons. The Balaban J connectivity index is -0.000000285. The van der Waals surface area contributed by atoms with E-state index < -0.39 is 0 Å². The highest BCUT2D eigenvalue weighted by Crippen LogP contribution is 2.25. The Bertz CT molecular complexity index is 221. The SMILES string of the molecule is C=C.CC.CC.CCC(C)(C)c1ccccc1. The molecule has 0 aliphatic carbocycles. The van der Waals surface area contributed by atoms with E-state index in [0.717, 1.165) is 0 Å². The fourth-order valence-corrected chi connectivity index (χ4v) is 1.09. The minimum Gasteiger partial charge on any atom is -0.106 e. The van der Waals surface area contributed by atoms with Crippen molar-refractivity contribution in [1.82, 2.24) is 0 Å². The van der Waals surface area contributed by atoms with Gasteiger partial charge in [0.25, 0.3) is 0 Å². The summed E-state index contributed by atoms with van der Waals surface area (Å²) in [5, 5.41) is 0. The van der Waals surface area contributed by atoms with E-state index in [-0.39, 0.29) is 0 Å². The van der Waals surface area contributed by atoms with Crippen LogP contribution in [-0.2, 0) is 5.41 Å². The van der Waals surface area contributed by atoms with Gasteiger partial charge < -0.3 is 0 Å². The number of rotatable bonds is 2. The van der Waals surface area contributed by atoms with Crippen molar-refractivity contribution < 1.29 is 0 Å². The van der Waals surface area contributed by atoms with Crippen molar-refractivity contribution in [3.63, 3.8) is 0 Å². The van der Waals surface area contributed by atoms with Gasteiger partial charge in [0, 0.05) is 0 Å². The zero-order chi connectivity index (χ0) is 14.3. The first kappa shape index (κ1) is 21.3. The predicted octanol–water partition coefficient (Wildman–Crippen LogP) is 6.23. The average Bonchev–Trinajstić information content (AvgIpc) is 2.46. The van der Waals surface area contributed by atoms with Crippen LogP contribution >= 0.6 is 0 Å². The Hall–Kier alpha value is -1.04. The lowest BCUT2D eigenvalue weighted by atomic mass is 9.82. The second-order valence-corrected chi connectivity index (χ2v) is 3.60. The van der Waals surface area contributed by atoms with E-state index in [2.05, 4.69) is 64.3 Å². The van der Waals surface area contributed by atoms with Gasteiger partial charge in [-0.05, 0) is 17.4 Å². The Morgan fingerprint density at radius 1 is 0.882 bits per heavy atom. The van der Waals surface area contributed by atoms with Crippen LogP contribution in [0.25, 0.3) is 0 Å². The standard InChI is InChI=1S/C11H16.2C2H6.C2H4/c1-4-11(2,3)10-8-6-5-7-9-10;3*1-2/h5-9H,4H2,1-3H3;2*1-2H3;1-2H2. The molecular weight excluding hydrogens is 204 g/mol. The summed E-state index contributed by atoms with van der Waals surface area (Å²) < 4.78 is 0. The first-order valence-corrected chi connectivity index (χ1v) is 6.72. The molecule has 0 unspecified atom stereocenters. The molecule has 0 aromatic heterocycles. The molecule has 0 amide bonds. The largest absolute Gasteiger partial charge is 0.106 e. The molecule has 0 atom stereocenters. The Morgan fingerprint density at radius 3 is 1.53 bits per heavy atom. The first-order valence-electron chi connectivity index (χ1n) is 6.72. The summed E-state index contributed by atoms with van der Waals surface area (Å²) in [6, 6.07) is 10.7. The molecule has 0 N–H and O–H groups in total. The van der Waals surface area contributed by atoms with Gasteiger partial charge in [-0.1, -0.05) is 78.8 Å². The van der Waals surface area contributed by atoms with Crippen LogP contribution < -0.4 is 0 Å². The van der Waals surface area contributed by atoms with Gasteiger partial charge >= 0.3 is 0 Å².